The van der Waals surface area contributed by atoms with E-state index in [1.807, 2.05) is 6.92 Å². The summed E-state index contributed by atoms with van der Waals surface area (Å²) in [5, 5.41) is 9.55. The van der Waals surface area contributed by atoms with E-state index in [9.17, 15) is 5.11 Å². The molecule has 2 nitrogen and oxygen atoms in total. The largest absolute Gasteiger partial charge is 0.466 e. The molecule has 0 saturated heterocycles. The van der Waals surface area contributed by atoms with Gasteiger partial charge in [-0.05, 0) is 56.6 Å². The van der Waals surface area contributed by atoms with Gasteiger partial charge in [0.1, 0.15) is 11.5 Å². The zero-order valence-electron chi connectivity index (χ0n) is 10.6. The Balaban J connectivity index is 2.09. The summed E-state index contributed by atoms with van der Waals surface area (Å²) >= 11 is 0. The summed E-state index contributed by atoms with van der Waals surface area (Å²) in [6, 6.07) is 2.16. The SMILES string of the molecule is CC1=CCc2cc(C)oc2[C@@H]2[C@@H](CO)CC[C@@H]12. The molecule has 0 bridgehead atoms. The first-order valence-corrected chi connectivity index (χ1v) is 6.57. The average Bonchev–Trinajstić information content (AvgIpc) is 2.85. The van der Waals surface area contributed by atoms with E-state index in [-0.39, 0.29) is 6.61 Å². The van der Waals surface area contributed by atoms with E-state index < -0.39 is 0 Å². The molecule has 0 aromatic carbocycles. The molecule has 17 heavy (non-hydrogen) atoms. The minimum Gasteiger partial charge on any atom is -0.466 e. The lowest BCUT2D eigenvalue weighted by molar-refractivity contribution is 0.202. The molecule has 3 rings (SSSR count). The summed E-state index contributed by atoms with van der Waals surface area (Å²) in [7, 11) is 0. The summed E-state index contributed by atoms with van der Waals surface area (Å²) < 4.78 is 5.94. The number of fused-ring (bicyclic) bond motifs is 3. The molecule has 92 valence electrons. The Morgan fingerprint density at radius 2 is 2.18 bits per heavy atom. The zero-order chi connectivity index (χ0) is 12.0. The molecule has 2 aliphatic carbocycles. The Hall–Kier alpha value is -1.02. The van der Waals surface area contributed by atoms with Gasteiger partial charge in [-0.2, -0.15) is 0 Å². The van der Waals surface area contributed by atoms with Gasteiger partial charge in [0.2, 0.25) is 0 Å². The quantitative estimate of drug-likeness (QED) is 0.754. The highest BCUT2D eigenvalue weighted by molar-refractivity contribution is 5.34. The van der Waals surface area contributed by atoms with Crippen LogP contribution in [0.25, 0.3) is 0 Å². The van der Waals surface area contributed by atoms with Crippen molar-refractivity contribution in [2.45, 2.75) is 39.0 Å². The van der Waals surface area contributed by atoms with Crippen LogP contribution in [0, 0.1) is 18.8 Å². The van der Waals surface area contributed by atoms with Gasteiger partial charge in [0.25, 0.3) is 0 Å². The van der Waals surface area contributed by atoms with Gasteiger partial charge in [-0.1, -0.05) is 11.6 Å². The smallest absolute Gasteiger partial charge is 0.111 e. The fourth-order valence-corrected chi connectivity index (χ4v) is 3.64. The number of aliphatic hydroxyl groups is 1. The number of hydrogen-bond acceptors (Lipinski definition) is 2. The van der Waals surface area contributed by atoms with E-state index >= 15 is 0 Å². The number of furan rings is 1. The highest BCUT2D eigenvalue weighted by atomic mass is 16.3. The van der Waals surface area contributed by atoms with E-state index in [1.165, 1.54) is 17.6 Å². The van der Waals surface area contributed by atoms with Crippen LogP contribution in [0.4, 0.5) is 0 Å². The monoisotopic (exact) mass is 232 g/mol. The molecule has 0 spiro atoms. The second kappa shape index (κ2) is 4.02. The molecule has 0 radical (unpaired) electrons. The summed E-state index contributed by atoms with van der Waals surface area (Å²) in [4.78, 5) is 0. The van der Waals surface area contributed by atoms with Crippen LogP contribution >= 0.6 is 0 Å². The van der Waals surface area contributed by atoms with Gasteiger partial charge >= 0.3 is 0 Å². The first-order chi connectivity index (χ1) is 8.20. The normalized spacial score (nSPS) is 31.7. The lowest BCUT2D eigenvalue weighted by Crippen LogP contribution is -2.16. The molecule has 3 atom stereocenters. The highest BCUT2D eigenvalue weighted by Crippen LogP contribution is 2.50. The van der Waals surface area contributed by atoms with E-state index in [0.717, 1.165) is 24.4 Å². The number of rotatable bonds is 1. The van der Waals surface area contributed by atoms with E-state index in [1.54, 1.807) is 0 Å². The van der Waals surface area contributed by atoms with Gasteiger partial charge in [0, 0.05) is 12.5 Å². The van der Waals surface area contributed by atoms with Crippen molar-refractivity contribution < 1.29 is 9.52 Å². The van der Waals surface area contributed by atoms with Crippen LogP contribution in [0.3, 0.4) is 0 Å². The first kappa shape index (κ1) is 11.1. The number of hydrogen-bond donors (Lipinski definition) is 1. The van der Waals surface area contributed by atoms with Crippen molar-refractivity contribution in [3.63, 3.8) is 0 Å². The summed E-state index contributed by atoms with van der Waals surface area (Å²) in [5.41, 5.74) is 2.81. The minimum atomic E-state index is 0.285. The second-order valence-electron chi connectivity index (χ2n) is 5.55. The van der Waals surface area contributed by atoms with Crippen LogP contribution in [0.15, 0.2) is 22.1 Å². The number of aliphatic hydroxyl groups excluding tert-OH is 1. The maximum absolute atomic E-state index is 9.55. The van der Waals surface area contributed by atoms with Gasteiger partial charge in [0.05, 0.1) is 0 Å². The van der Waals surface area contributed by atoms with Crippen LogP contribution in [0.2, 0.25) is 0 Å². The fourth-order valence-electron chi connectivity index (χ4n) is 3.64. The Bertz CT molecular complexity index is 455. The van der Waals surface area contributed by atoms with Crippen molar-refractivity contribution in [1.82, 2.24) is 0 Å². The molecule has 1 saturated carbocycles. The van der Waals surface area contributed by atoms with Crippen molar-refractivity contribution in [1.29, 1.82) is 0 Å². The second-order valence-corrected chi connectivity index (χ2v) is 5.55. The van der Waals surface area contributed by atoms with E-state index in [4.69, 9.17) is 4.42 Å². The standard InChI is InChI=1S/C15H20O2/c1-9-3-4-11-7-10(2)17-15(11)14-12(8-16)5-6-13(9)14/h3,7,12-14,16H,4-6,8H2,1-2H3/t12-,13+,14-/m1/s1. The van der Waals surface area contributed by atoms with Crippen molar-refractivity contribution in [2.75, 3.05) is 6.61 Å². The summed E-state index contributed by atoms with van der Waals surface area (Å²) in [6.45, 7) is 4.53. The third kappa shape index (κ3) is 1.66. The average molecular weight is 232 g/mol. The summed E-state index contributed by atoms with van der Waals surface area (Å²) in [6.07, 6.45) is 5.65. The van der Waals surface area contributed by atoms with Crippen LogP contribution in [0.5, 0.6) is 0 Å². The van der Waals surface area contributed by atoms with Gasteiger partial charge < -0.3 is 9.52 Å². The van der Waals surface area contributed by atoms with Gasteiger partial charge in [-0.15, -0.1) is 0 Å². The molecule has 1 aromatic heterocycles. The first-order valence-electron chi connectivity index (χ1n) is 6.57. The van der Waals surface area contributed by atoms with Crippen LogP contribution < -0.4 is 0 Å². The maximum Gasteiger partial charge on any atom is 0.111 e. The fraction of sp³-hybridized carbons (Fsp3) is 0.600. The zero-order valence-corrected chi connectivity index (χ0v) is 10.6. The topological polar surface area (TPSA) is 33.4 Å². The molecule has 1 N–H and O–H groups in total. The molecule has 0 amide bonds. The Kier molecular flexibility index (Phi) is 2.62. The highest BCUT2D eigenvalue weighted by Gasteiger charge is 2.41. The Labute approximate surface area is 102 Å². The summed E-state index contributed by atoms with van der Waals surface area (Å²) in [5.74, 6) is 3.52. The van der Waals surface area contributed by atoms with Crippen molar-refractivity contribution >= 4 is 0 Å². The third-order valence-corrected chi connectivity index (χ3v) is 4.52. The Morgan fingerprint density at radius 3 is 2.94 bits per heavy atom. The predicted octanol–water partition coefficient (Wildman–Crippen LogP) is 3.19. The molecule has 2 heteroatoms. The molecule has 1 heterocycles. The van der Waals surface area contributed by atoms with Crippen LogP contribution in [0.1, 0.15) is 42.8 Å². The van der Waals surface area contributed by atoms with Gasteiger partial charge in [-0.25, -0.2) is 0 Å². The van der Waals surface area contributed by atoms with Crippen LogP contribution in [-0.2, 0) is 6.42 Å². The Morgan fingerprint density at radius 1 is 1.35 bits per heavy atom. The predicted molar refractivity (Wildman–Crippen MR) is 66.9 cm³/mol. The van der Waals surface area contributed by atoms with Crippen LogP contribution in [-0.4, -0.2) is 11.7 Å². The lowest BCUT2D eigenvalue weighted by atomic mass is 9.84. The molecule has 1 aromatic rings. The molecular formula is C15H20O2. The maximum atomic E-state index is 9.55. The van der Waals surface area contributed by atoms with Crippen molar-refractivity contribution in [2.24, 2.45) is 11.8 Å². The van der Waals surface area contributed by atoms with Crippen molar-refractivity contribution in [3.05, 3.63) is 34.8 Å². The molecule has 0 aliphatic heterocycles. The molecular weight excluding hydrogens is 212 g/mol. The van der Waals surface area contributed by atoms with Crippen molar-refractivity contribution in [3.8, 4) is 0 Å². The van der Waals surface area contributed by atoms with Gasteiger partial charge in [0.15, 0.2) is 0 Å². The molecule has 1 fully saturated rings. The lowest BCUT2D eigenvalue weighted by Gasteiger charge is -2.22. The minimum absolute atomic E-state index is 0.285. The molecule has 2 aliphatic rings. The number of aryl methyl sites for hydroxylation is 1. The van der Waals surface area contributed by atoms with E-state index in [2.05, 4.69) is 19.1 Å². The molecule has 0 unspecified atom stereocenters. The number of allylic oxidation sites excluding steroid dienone is 2. The van der Waals surface area contributed by atoms with Gasteiger partial charge in [-0.3, -0.25) is 0 Å². The van der Waals surface area contributed by atoms with E-state index in [0.29, 0.717) is 17.8 Å². The third-order valence-electron chi connectivity index (χ3n) is 4.52.